The van der Waals surface area contributed by atoms with E-state index in [1.54, 1.807) is 0 Å². The zero-order valence-electron chi connectivity index (χ0n) is 8.83. The van der Waals surface area contributed by atoms with Crippen LogP contribution >= 0.6 is 15.9 Å². The van der Waals surface area contributed by atoms with Crippen molar-refractivity contribution in [3.05, 3.63) is 16.4 Å². The van der Waals surface area contributed by atoms with Crippen LogP contribution in [0.3, 0.4) is 0 Å². The Balaban J connectivity index is 2.86. The lowest BCUT2D eigenvalue weighted by atomic mass is 10.1. The summed E-state index contributed by atoms with van der Waals surface area (Å²) in [5.74, 6) is 0. The van der Waals surface area contributed by atoms with Crippen LogP contribution < -0.4 is 5.73 Å². The zero-order valence-corrected chi connectivity index (χ0v) is 10.4. The van der Waals surface area contributed by atoms with E-state index < -0.39 is 0 Å². The predicted molar refractivity (Wildman–Crippen MR) is 62.1 cm³/mol. The number of aryl methyl sites for hydroxylation is 1. The van der Waals surface area contributed by atoms with Crippen LogP contribution in [0.1, 0.15) is 44.8 Å². The first-order valence-corrected chi connectivity index (χ1v) is 5.96. The van der Waals surface area contributed by atoms with Crippen molar-refractivity contribution in [3.63, 3.8) is 0 Å². The normalized spacial score (nSPS) is 13.1. The second-order valence-electron chi connectivity index (χ2n) is 3.50. The molecule has 1 heterocycles. The number of rotatable bonds is 5. The van der Waals surface area contributed by atoms with Gasteiger partial charge in [-0.3, -0.25) is 4.68 Å². The molecule has 0 saturated carbocycles. The molecule has 0 aromatic carbocycles. The fourth-order valence-corrected chi connectivity index (χ4v) is 2.17. The lowest BCUT2D eigenvalue weighted by molar-refractivity contribution is 0.518. The summed E-state index contributed by atoms with van der Waals surface area (Å²) in [5.41, 5.74) is 7.22. The molecular formula is C10H18BrN3. The molecule has 1 atom stereocenters. The lowest BCUT2D eigenvalue weighted by Gasteiger charge is -2.13. The van der Waals surface area contributed by atoms with Gasteiger partial charge >= 0.3 is 0 Å². The van der Waals surface area contributed by atoms with E-state index in [4.69, 9.17) is 5.73 Å². The molecule has 0 fully saturated rings. The van der Waals surface area contributed by atoms with Crippen LogP contribution in [0.15, 0.2) is 10.7 Å². The van der Waals surface area contributed by atoms with Gasteiger partial charge in [0.25, 0.3) is 0 Å². The molecule has 0 aliphatic rings. The van der Waals surface area contributed by atoms with E-state index in [-0.39, 0.29) is 6.04 Å². The van der Waals surface area contributed by atoms with Crippen LogP contribution in [0.5, 0.6) is 0 Å². The highest BCUT2D eigenvalue weighted by Crippen LogP contribution is 2.24. The van der Waals surface area contributed by atoms with Crippen molar-refractivity contribution >= 4 is 15.9 Å². The summed E-state index contributed by atoms with van der Waals surface area (Å²) in [4.78, 5) is 0. The Morgan fingerprint density at radius 1 is 1.50 bits per heavy atom. The molecule has 4 heteroatoms. The van der Waals surface area contributed by atoms with E-state index in [2.05, 4.69) is 34.9 Å². The Hall–Kier alpha value is -0.350. The lowest BCUT2D eigenvalue weighted by Crippen LogP contribution is -2.16. The third-order valence-corrected chi connectivity index (χ3v) is 2.83. The summed E-state index contributed by atoms with van der Waals surface area (Å²) in [7, 11) is 0. The molecule has 0 aliphatic heterocycles. The van der Waals surface area contributed by atoms with Gasteiger partial charge in [-0.15, -0.1) is 0 Å². The van der Waals surface area contributed by atoms with Crippen molar-refractivity contribution in [2.24, 2.45) is 5.73 Å². The van der Waals surface area contributed by atoms with Crippen LogP contribution in [-0.4, -0.2) is 9.78 Å². The molecule has 0 spiro atoms. The number of nitrogens with zero attached hydrogens (tertiary/aromatic N) is 2. The van der Waals surface area contributed by atoms with E-state index in [0.29, 0.717) is 0 Å². The molecule has 2 N–H and O–H groups in total. The summed E-state index contributed by atoms with van der Waals surface area (Å²) in [6.07, 6.45) is 5.03. The van der Waals surface area contributed by atoms with Gasteiger partial charge in [-0.05, 0) is 28.8 Å². The van der Waals surface area contributed by atoms with Gasteiger partial charge in [-0.1, -0.05) is 20.3 Å². The van der Waals surface area contributed by atoms with Crippen LogP contribution in [0, 0.1) is 0 Å². The number of aromatic nitrogens is 2. The highest BCUT2D eigenvalue weighted by molar-refractivity contribution is 9.10. The van der Waals surface area contributed by atoms with Crippen molar-refractivity contribution < 1.29 is 0 Å². The van der Waals surface area contributed by atoms with Crippen LogP contribution in [-0.2, 0) is 6.54 Å². The molecule has 1 rings (SSSR count). The molecule has 80 valence electrons. The van der Waals surface area contributed by atoms with Crippen molar-refractivity contribution in [3.8, 4) is 0 Å². The maximum absolute atomic E-state index is 6.09. The fourth-order valence-electron chi connectivity index (χ4n) is 1.58. The molecule has 0 radical (unpaired) electrons. The number of hydrogen-bond donors (Lipinski definition) is 1. The Morgan fingerprint density at radius 2 is 2.21 bits per heavy atom. The highest BCUT2D eigenvalue weighted by Gasteiger charge is 2.14. The highest BCUT2D eigenvalue weighted by atomic mass is 79.9. The minimum Gasteiger partial charge on any atom is -0.323 e. The first-order valence-electron chi connectivity index (χ1n) is 5.17. The van der Waals surface area contributed by atoms with Crippen LogP contribution in [0.25, 0.3) is 0 Å². The van der Waals surface area contributed by atoms with Gasteiger partial charge in [0.15, 0.2) is 0 Å². The van der Waals surface area contributed by atoms with Gasteiger partial charge in [0, 0.05) is 12.6 Å². The summed E-state index contributed by atoms with van der Waals surface area (Å²) >= 11 is 3.49. The van der Waals surface area contributed by atoms with Crippen molar-refractivity contribution in [1.82, 2.24) is 9.78 Å². The minimum absolute atomic E-state index is 0.100. The molecule has 0 bridgehead atoms. The molecular weight excluding hydrogens is 242 g/mol. The number of halogens is 1. The molecule has 3 nitrogen and oxygen atoms in total. The molecule has 0 saturated heterocycles. The molecule has 0 aliphatic carbocycles. The number of hydrogen-bond acceptors (Lipinski definition) is 2. The summed E-state index contributed by atoms with van der Waals surface area (Å²) in [6.45, 7) is 5.23. The summed E-state index contributed by atoms with van der Waals surface area (Å²) in [6, 6.07) is 0.100. The first-order chi connectivity index (χ1) is 6.70. The van der Waals surface area contributed by atoms with E-state index in [0.717, 1.165) is 36.0 Å². The second kappa shape index (κ2) is 5.51. The van der Waals surface area contributed by atoms with Gasteiger partial charge in [0.2, 0.25) is 0 Å². The van der Waals surface area contributed by atoms with Gasteiger partial charge < -0.3 is 5.73 Å². The Kier molecular flexibility index (Phi) is 4.62. The molecule has 14 heavy (non-hydrogen) atoms. The third-order valence-electron chi connectivity index (χ3n) is 2.22. The maximum atomic E-state index is 6.09. The average Bonchev–Trinajstić information content (AvgIpc) is 2.48. The number of nitrogens with two attached hydrogens (primary N) is 1. The molecule has 0 amide bonds. The Bertz CT molecular complexity index is 283. The van der Waals surface area contributed by atoms with E-state index in [1.807, 2.05) is 10.9 Å². The van der Waals surface area contributed by atoms with Crippen LogP contribution in [0.2, 0.25) is 0 Å². The van der Waals surface area contributed by atoms with Gasteiger partial charge in [-0.25, -0.2) is 0 Å². The average molecular weight is 260 g/mol. The van der Waals surface area contributed by atoms with Gasteiger partial charge in [0.05, 0.1) is 16.4 Å². The van der Waals surface area contributed by atoms with Crippen molar-refractivity contribution in [2.75, 3.05) is 0 Å². The monoisotopic (exact) mass is 259 g/mol. The molecule has 1 unspecified atom stereocenters. The maximum Gasteiger partial charge on any atom is 0.0693 e. The first kappa shape index (κ1) is 11.7. The summed E-state index contributed by atoms with van der Waals surface area (Å²) in [5, 5.41) is 4.30. The third kappa shape index (κ3) is 2.58. The van der Waals surface area contributed by atoms with Crippen molar-refractivity contribution in [2.45, 2.75) is 45.7 Å². The van der Waals surface area contributed by atoms with E-state index in [9.17, 15) is 0 Å². The minimum atomic E-state index is 0.100. The van der Waals surface area contributed by atoms with E-state index in [1.165, 1.54) is 0 Å². The smallest absolute Gasteiger partial charge is 0.0693 e. The predicted octanol–water partition coefficient (Wildman–Crippen LogP) is 2.86. The molecule has 1 aromatic rings. The van der Waals surface area contributed by atoms with Gasteiger partial charge in [0.1, 0.15) is 0 Å². The van der Waals surface area contributed by atoms with Gasteiger partial charge in [-0.2, -0.15) is 5.10 Å². The molecule has 1 aromatic heterocycles. The Labute approximate surface area is 93.8 Å². The SMILES string of the molecule is CCCC(N)c1c(Br)cnn1CCC. The van der Waals surface area contributed by atoms with E-state index >= 15 is 0 Å². The second-order valence-corrected chi connectivity index (χ2v) is 4.35. The van der Waals surface area contributed by atoms with Crippen molar-refractivity contribution in [1.29, 1.82) is 0 Å². The zero-order chi connectivity index (χ0) is 10.6. The topological polar surface area (TPSA) is 43.8 Å². The standard InChI is InChI=1S/C10H18BrN3/c1-3-5-9(12)10-8(11)7-13-14(10)6-4-2/h7,9H,3-6,12H2,1-2H3. The Morgan fingerprint density at radius 3 is 2.79 bits per heavy atom. The van der Waals surface area contributed by atoms with Crippen LogP contribution in [0.4, 0.5) is 0 Å². The largest absolute Gasteiger partial charge is 0.323 e. The quantitative estimate of drug-likeness (QED) is 0.884. The fraction of sp³-hybridized carbons (Fsp3) is 0.700. The summed E-state index contributed by atoms with van der Waals surface area (Å²) < 4.78 is 3.04.